The predicted octanol–water partition coefficient (Wildman–Crippen LogP) is 2.67. The molecule has 1 saturated heterocycles. The van der Waals surface area contributed by atoms with Crippen LogP contribution in [0.2, 0.25) is 0 Å². The first kappa shape index (κ1) is 19.7. The van der Waals surface area contributed by atoms with E-state index in [1.54, 1.807) is 32.4 Å². The molecule has 6 nitrogen and oxygen atoms in total. The van der Waals surface area contributed by atoms with Crippen molar-refractivity contribution in [2.24, 2.45) is 0 Å². The van der Waals surface area contributed by atoms with Crippen LogP contribution in [-0.2, 0) is 11.2 Å². The molecule has 0 atom stereocenters. The van der Waals surface area contributed by atoms with E-state index in [1.807, 2.05) is 35.2 Å². The van der Waals surface area contributed by atoms with Crippen LogP contribution in [0.25, 0.3) is 0 Å². The summed E-state index contributed by atoms with van der Waals surface area (Å²) < 4.78 is 10.5. The normalized spacial score (nSPS) is 14.4. The molecule has 2 aromatic carbocycles. The zero-order valence-electron chi connectivity index (χ0n) is 16.3. The van der Waals surface area contributed by atoms with Gasteiger partial charge in [0.25, 0.3) is 5.91 Å². The predicted molar refractivity (Wildman–Crippen MR) is 107 cm³/mol. The Kier molecular flexibility index (Phi) is 6.53. The van der Waals surface area contributed by atoms with E-state index >= 15 is 0 Å². The highest BCUT2D eigenvalue weighted by Crippen LogP contribution is 2.20. The quantitative estimate of drug-likeness (QED) is 0.834. The lowest BCUT2D eigenvalue weighted by atomic mass is 10.0. The van der Waals surface area contributed by atoms with Crippen LogP contribution in [0.5, 0.6) is 11.5 Å². The lowest BCUT2D eigenvalue weighted by Gasteiger charge is -2.32. The number of nitrogens with zero attached hydrogens (tertiary/aromatic N) is 1. The summed E-state index contributed by atoms with van der Waals surface area (Å²) in [4.78, 5) is 26.9. The summed E-state index contributed by atoms with van der Waals surface area (Å²) in [6, 6.07) is 14.7. The summed E-state index contributed by atoms with van der Waals surface area (Å²) in [5.41, 5.74) is 1.47. The summed E-state index contributed by atoms with van der Waals surface area (Å²) >= 11 is 0. The molecule has 1 N–H and O–H groups in total. The molecule has 6 heteroatoms. The van der Waals surface area contributed by atoms with Gasteiger partial charge in [0, 0.05) is 30.3 Å². The summed E-state index contributed by atoms with van der Waals surface area (Å²) in [7, 11) is 3.19. The van der Waals surface area contributed by atoms with E-state index < -0.39 is 0 Å². The number of para-hydroxylation sites is 1. The third kappa shape index (κ3) is 4.82. The molecule has 1 aliphatic heterocycles. The molecule has 0 spiro atoms. The van der Waals surface area contributed by atoms with Gasteiger partial charge in [-0.2, -0.15) is 0 Å². The van der Waals surface area contributed by atoms with Crippen molar-refractivity contribution in [3.63, 3.8) is 0 Å². The van der Waals surface area contributed by atoms with E-state index in [-0.39, 0.29) is 17.9 Å². The molecule has 3 rings (SSSR count). The van der Waals surface area contributed by atoms with Gasteiger partial charge in [0.05, 0.1) is 20.6 Å². The first-order valence-corrected chi connectivity index (χ1v) is 9.45. The number of carbonyl (C=O) groups excluding carboxylic acids is 2. The lowest BCUT2D eigenvalue weighted by molar-refractivity contribution is -0.131. The zero-order chi connectivity index (χ0) is 19.9. The van der Waals surface area contributed by atoms with Crippen molar-refractivity contribution in [1.29, 1.82) is 0 Å². The second-order valence-corrected chi connectivity index (χ2v) is 6.85. The third-order valence-corrected chi connectivity index (χ3v) is 5.05. The van der Waals surface area contributed by atoms with Gasteiger partial charge < -0.3 is 19.7 Å². The van der Waals surface area contributed by atoms with Crippen molar-refractivity contribution in [2.75, 3.05) is 27.3 Å². The zero-order valence-corrected chi connectivity index (χ0v) is 16.3. The van der Waals surface area contributed by atoms with E-state index in [9.17, 15) is 9.59 Å². The van der Waals surface area contributed by atoms with Gasteiger partial charge in [0.1, 0.15) is 11.5 Å². The van der Waals surface area contributed by atoms with Gasteiger partial charge in [-0.1, -0.05) is 24.3 Å². The average molecular weight is 382 g/mol. The molecular weight excluding hydrogens is 356 g/mol. The fourth-order valence-electron chi connectivity index (χ4n) is 3.43. The first-order valence-electron chi connectivity index (χ1n) is 9.45. The van der Waals surface area contributed by atoms with Crippen molar-refractivity contribution >= 4 is 11.8 Å². The minimum atomic E-state index is -0.113. The molecular formula is C22H26N2O4. The second kappa shape index (κ2) is 9.26. The molecule has 0 aliphatic carbocycles. The van der Waals surface area contributed by atoms with Crippen molar-refractivity contribution in [1.82, 2.24) is 10.2 Å². The summed E-state index contributed by atoms with van der Waals surface area (Å²) in [5, 5.41) is 3.06. The SMILES string of the molecule is COc1cccc(C(=O)NC2CCN(C(=O)Cc3ccccc3OC)CC2)c1. The highest BCUT2D eigenvalue weighted by Gasteiger charge is 2.24. The highest BCUT2D eigenvalue weighted by atomic mass is 16.5. The van der Waals surface area contributed by atoms with Crippen molar-refractivity contribution < 1.29 is 19.1 Å². The number of hydrogen-bond donors (Lipinski definition) is 1. The number of benzene rings is 2. The highest BCUT2D eigenvalue weighted by molar-refractivity contribution is 5.94. The maximum absolute atomic E-state index is 12.6. The van der Waals surface area contributed by atoms with Gasteiger partial charge in [-0.3, -0.25) is 9.59 Å². The molecule has 2 aromatic rings. The van der Waals surface area contributed by atoms with Crippen LogP contribution in [-0.4, -0.2) is 50.1 Å². The number of amides is 2. The molecule has 1 fully saturated rings. The van der Waals surface area contributed by atoms with Gasteiger partial charge in [-0.05, 0) is 37.1 Å². The number of piperidine rings is 1. The van der Waals surface area contributed by atoms with Gasteiger partial charge in [-0.15, -0.1) is 0 Å². The molecule has 0 saturated carbocycles. The van der Waals surface area contributed by atoms with Crippen LogP contribution in [0.1, 0.15) is 28.8 Å². The van der Waals surface area contributed by atoms with Gasteiger partial charge in [0.15, 0.2) is 0 Å². The molecule has 0 radical (unpaired) electrons. The van der Waals surface area contributed by atoms with Crippen LogP contribution in [0.15, 0.2) is 48.5 Å². The maximum atomic E-state index is 12.6. The number of carbonyl (C=O) groups is 2. The number of likely N-dealkylation sites (tertiary alicyclic amines) is 1. The largest absolute Gasteiger partial charge is 0.497 e. The molecule has 1 heterocycles. The van der Waals surface area contributed by atoms with E-state index in [4.69, 9.17) is 9.47 Å². The molecule has 0 unspecified atom stereocenters. The molecule has 0 aromatic heterocycles. The fraction of sp³-hybridized carbons (Fsp3) is 0.364. The number of rotatable bonds is 6. The Morgan fingerprint density at radius 3 is 2.50 bits per heavy atom. The van der Waals surface area contributed by atoms with Crippen LogP contribution in [0.3, 0.4) is 0 Å². The number of nitrogens with one attached hydrogen (secondary N) is 1. The molecule has 2 amide bonds. The van der Waals surface area contributed by atoms with E-state index in [0.29, 0.717) is 30.8 Å². The Balaban J connectivity index is 1.51. The minimum Gasteiger partial charge on any atom is -0.497 e. The van der Waals surface area contributed by atoms with Gasteiger partial charge in [-0.25, -0.2) is 0 Å². The van der Waals surface area contributed by atoms with Crippen molar-refractivity contribution in [3.05, 3.63) is 59.7 Å². The Morgan fingerprint density at radius 1 is 1.04 bits per heavy atom. The smallest absolute Gasteiger partial charge is 0.251 e. The fourth-order valence-corrected chi connectivity index (χ4v) is 3.43. The van der Waals surface area contributed by atoms with Gasteiger partial charge in [0.2, 0.25) is 5.91 Å². The molecule has 148 valence electrons. The standard InChI is InChI=1S/C22H26N2O4/c1-27-19-8-5-7-17(14-19)22(26)23-18-10-12-24(13-11-18)21(25)15-16-6-3-4-9-20(16)28-2/h3-9,14,18H,10-13,15H2,1-2H3,(H,23,26). The monoisotopic (exact) mass is 382 g/mol. The topological polar surface area (TPSA) is 67.9 Å². The van der Waals surface area contributed by atoms with Crippen molar-refractivity contribution in [3.8, 4) is 11.5 Å². The number of hydrogen-bond acceptors (Lipinski definition) is 4. The van der Waals surface area contributed by atoms with Gasteiger partial charge >= 0.3 is 0 Å². The van der Waals surface area contributed by atoms with E-state index in [2.05, 4.69) is 5.32 Å². The first-order chi connectivity index (χ1) is 13.6. The average Bonchev–Trinajstić information content (AvgIpc) is 2.74. The van der Waals surface area contributed by atoms with Crippen LogP contribution in [0.4, 0.5) is 0 Å². The molecule has 1 aliphatic rings. The molecule has 28 heavy (non-hydrogen) atoms. The minimum absolute atomic E-state index is 0.0639. The Hall–Kier alpha value is -3.02. The van der Waals surface area contributed by atoms with Crippen LogP contribution < -0.4 is 14.8 Å². The van der Waals surface area contributed by atoms with E-state index in [0.717, 1.165) is 24.2 Å². The second-order valence-electron chi connectivity index (χ2n) is 6.85. The van der Waals surface area contributed by atoms with E-state index in [1.165, 1.54) is 0 Å². The van der Waals surface area contributed by atoms with Crippen LogP contribution in [0, 0.1) is 0 Å². The van der Waals surface area contributed by atoms with Crippen LogP contribution >= 0.6 is 0 Å². The molecule has 0 bridgehead atoms. The lowest BCUT2D eigenvalue weighted by Crippen LogP contribution is -2.47. The van der Waals surface area contributed by atoms with Crippen molar-refractivity contribution in [2.45, 2.75) is 25.3 Å². The summed E-state index contributed by atoms with van der Waals surface area (Å²) in [6.07, 6.45) is 1.81. The maximum Gasteiger partial charge on any atom is 0.251 e. The number of methoxy groups -OCH3 is 2. The third-order valence-electron chi connectivity index (χ3n) is 5.05. The Bertz CT molecular complexity index is 829. The Morgan fingerprint density at radius 2 is 1.79 bits per heavy atom. The Labute approximate surface area is 165 Å². The summed E-state index contributed by atoms with van der Waals surface area (Å²) in [5.74, 6) is 1.36. The number of ether oxygens (including phenoxy) is 2. The summed E-state index contributed by atoms with van der Waals surface area (Å²) in [6.45, 7) is 1.27.